The summed E-state index contributed by atoms with van der Waals surface area (Å²) in [5.74, 6) is -0.237. The van der Waals surface area contributed by atoms with E-state index in [9.17, 15) is 9.90 Å². The molecule has 2 heterocycles. The molecule has 5 heteroatoms. The molecule has 0 radical (unpaired) electrons. The van der Waals surface area contributed by atoms with E-state index in [1.165, 1.54) is 0 Å². The van der Waals surface area contributed by atoms with Crippen LogP contribution in [-0.4, -0.2) is 32.1 Å². The van der Waals surface area contributed by atoms with Gasteiger partial charge < -0.3 is 10.1 Å². The summed E-state index contributed by atoms with van der Waals surface area (Å²) in [5, 5.41) is 12.8. The van der Waals surface area contributed by atoms with Crippen molar-refractivity contribution in [3.8, 4) is 0 Å². The third-order valence-electron chi connectivity index (χ3n) is 3.81. The Morgan fingerprint density at radius 1 is 1.24 bits per heavy atom. The van der Waals surface area contributed by atoms with Crippen LogP contribution in [0.3, 0.4) is 0 Å². The van der Waals surface area contributed by atoms with Gasteiger partial charge >= 0.3 is 5.97 Å². The smallest absolute Gasteiger partial charge is 0.337 e. The molecule has 0 amide bonds. The Morgan fingerprint density at radius 2 is 1.95 bits per heavy atom. The second-order valence-corrected chi connectivity index (χ2v) is 6.62. The van der Waals surface area contributed by atoms with E-state index in [-0.39, 0.29) is 16.6 Å². The Morgan fingerprint density at radius 3 is 2.52 bits per heavy atom. The molecule has 5 nitrogen and oxygen atoms in total. The van der Waals surface area contributed by atoms with Crippen LogP contribution in [0, 0.1) is 0 Å². The third kappa shape index (κ3) is 2.23. The zero-order valence-electron chi connectivity index (χ0n) is 12.6. The van der Waals surface area contributed by atoms with E-state index in [1.807, 2.05) is 6.07 Å². The van der Waals surface area contributed by atoms with Gasteiger partial charge in [0.05, 0.1) is 11.1 Å². The molecule has 0 saturated heterocycles. The van der Waals surface area contributed by atoms with E-state index in [1.54, 1.807) is 12.1 Å². The number of aromatic carboxylic acids is 1. The van der Waals surface area contributed by atoms with Gasteiger partial charge in [0.15, 0.2) is 0 Å². The van der Waals surface area contributed by atoms with Gasteiger partial charge in [-0.2, -0.15) is 0 Å². The van der Waals surface area contributed by atoms with Crippen LogP contribution in [-0.2, 0) is 0 Å². The summed E-state index contributed by atoms with van der Waals surface area (Å²) in [6.45, 7) is 8.40. The molecule has 2 aromatic rings. The Hall–Kier alpha value is -2.14. The van der Waals surface area contributed by atoms with Crippen molar-refractivity contribution < 1.29 is 9.90 Å². The highest BCUT2D eigenvalue weighted by Crippen LogP contribution is 2.36. The molecule has 3 rings (SSSR count). The molecule has 0 saturated carbocycles. The highest BCUT2D eigenvalue weighted by atomic mass is 16.4. The molecular weight excluding hydrogens is 266 g/mol. The number of aromatic nitrogens is 2. The minimum absolute atomic E-state index is 0.118. The molecule has 0 atom stereocenters. The number of carboxylic acids is 1. The van der Waals surface area contributed by atoms with E-state index in [2.05, 4.69) is 49.1 Å². The molecular formula is C16H19N3O2. The molecule has 3 N–H and O–H groups in total. The van der Waals surface area contributed by atoms with E-state index in [0.29, 0.717) is 5.52 Å². The summed E-state index contributed by atoms with van der Waals surface area (Å²) in [5.41, 5.74) is 2.18. The number of hydrogen-bond acceptors (Lipinski definition) is 3. The number of hydrogen-bond donors (Lipinski definition) is 3. The van der Waals surface area contributed by atoms with E-state index < -0.39 is 5.97 Å². The number of carboxylic acid groups (broad SMARTS) is 1. The fourth-order valence-electron chi connectivity index (χ4n) is 3.15. The van der Waals surface area contributed by atoms with Gasteiger partial charge in [-0.25, -0.2) is 9.78 Å². The van der Waals surface area contributed by atoms with E-state index in [0.717, 1.165) is 16.9 Å². The SMILES string of the molecule is CC1(C)C=C(c2nc3c(C(=O)O)cccc3[nH]2)C(C)(C)N1. The van der Waals surface area contributed by atoms with Crippen molar-refractivity contribution >= 4 is 22.6 Å². The largest absolute Gasteiger partial charge is 0.478 e. The van der Waals surface area contributed by atoms with Crippen LogP contribution in [0.25, 0.3) is 16.6 Å². The van der Waals surface area contributed by atoms with Gasteiger partial charge in [-0.1, -0.05) is 12.1 Å². The number of imidazole rings is 1. The summed E-state index contributed by atoms with van der Waals surface area (Å²) in [6.07, 6.45) is 2.14. The molecule has 1 aromatic carbocycles. The maximum Gasteiger partial charge on any atom is 0.337 e. The molecule has 0 bridgehead atoms. The summed E-state index contributed by atoms with van der Waals surface area (Å²) >= 11 is 0. The van der Waals surface area contributed by atoms with Crippen LogP contribution >= 0.6 is 0 Å². The van der Waals surface area contributed by atoms with Crippen molar-refractivity contribution in [3.05, 3.63) is 35.7 Å². The highest BCUT2D eigenvalue weighted by molar-refractivity contribution is 6.01. The standard InChI is InChI=1S/C16H19N3O2/c1-15(2)8-10(16(3,4)19-15)13-17-11-7-5-6-9(14(20)21)12(11)18-13/h5-8,19H,1-4H3,(H,17,18)(H,20,21). The molecule has 0 fully saturated rings. The zero-order chi connectivity index (χ0) is 15.4. The molecule has 0 spiro atoms. The Balaban J connectivity index is 2.19. The lowest BCUT2D eigenvalue weighted by molar-refractivity contribution is 0.0699. The maximum absolute atomic E-state index is 11.3. The van der Waals surface area contributed by atoms with Crippen molar-refractivity contribution in [1.29, 1.82) is 0 Å². The lowest BCUT2D eigenvalue weighted by atomic mass is 9.96. The lowest BCUT2D eigenvalue weighted by Gasteiger charge is -2.27. The highest BCUT2D eigenvalue weighted by Gasteiger charge is 2.38. The summed E-state index contributed by atoms with van der Waals surface area (Å²) in [6, 6.07) is 5.15. The van der Waals surface area contributed by atoms with Crippen molar-refractivity contribution in [3.63, 3.8) is 0 Å². The van der Waals surface area contributed by atoms with Gasteiger partial charge in [-0.15, -0.1) is 0 Å². The molecule has 1 aliphatic rings. The third-order valence-corrected chi connectivity index (χ3v) is 3.81. The van der Waals surface area contributed by atoms with Crippen molar-refractivity contribution in [2.24, 2.45) is 0 Å². The zero-order valence-corrected chi connectivity index (χ0v) is 12.6. The van der Waals surface area contributed by atoms with Gasteiger partial charge in [0.2, 0.25) is 0 Å². The average Bonchev–Trinajstić information content (AvgIpc) is 2.85. The maximum atomic E-state index is 11.3. The number of nitrogens with one attached hydrogen (secondary N) is 2. The predicted molar refractivity (Wildman–Crippen MR) is 82.3 cm³/mol. The Kier molecular flexibility index (Phi) is 2.75. The summed E-state index contributed by atoms with van der Waals surface area (Å²) in [7, 11) is 0. The monoisotopic (exact) mass is 285 g/mol. The number of aromatic amines is 1. The minimum atomic E-state index is -0.961. The van der Waals surface area contributed by atoms with E-state index >= 15 is 0 Å². The number of para-hydroxylation sites is 1. The van der Waals surface area contributed by atoms with Crippen LogP contribution in [0.5, 0.6) is 0 Å². The van der Waals surface area contributed by atoms with Gasteiger partial charge in [0.1, 0.15) is 11.3 Å². The molecule has 110 valence electrons. The normalized spacial score (nSPS) is 19.7. The van der Waals surface area contributed by atoms with Crippen LogP contribution < -0.4 is 5.32 Å². The number of fused-ring (bicyclic) bond motifs is 1. The lowest BCUT2D eigenvalue weighted by Crippen LogP contribution is -2.45. The summed E-state index contributed by atoms with van der Waals surface area (Å²) < 4.78 is 0. The topological polar surface area (TPSA) is 78.0 Å². The van der Waals surface area contributed by atoms with Crippen molar-refractivity contribution in [1.82, 2.24) is 15.3 Å². The molecule has 0 aliphatic carbocycles. The fourth-order valence-corrected chi connectivity index (χ4v) is 3.15. The van der Waals surface area contributed by atoms with Crippen LogP contribution in [0.2, 0.25) is 0 Å². The first kappa shape index (κ1) is 13.8. The number of carbonyl (C=O) groups is 1. The first-order valence-corrected chi connectivity index (χ1v) is 6.95. The number of rotatable bonds is 2. The Bertz CT molecular complexity index is 769. The second kappa shape index (κ2) is 4.18. The number of nitrogens with zero attached hydrogens (tertiary/aromatic N) is 1. The van der Waals surface area contributed by atoms with Crippen LogP contribution in [0.4, 0.5) is 0 Å². The van der Waals surface area contributed by atoms with Gasteiger partial charge in [0.25, 0.3) is 0 Å². The fraction of sp³-hybridized carbons (Fsp3) is 0.375. The second-order valence-electron chi connectivity index (χ2n) is 6.62. The van der Waals surface area contributed by atoms with Crippen molar-refractivity contribution in [2.45, 2.75) is 38.8 Å². The Labute approximate surface area is 123 Å². The average molecular weight is 285 g/mol. The van der Waals surface area contributed by atoms with Gasteiger partial charge in [-0.3, -0.25) is 5.32 Å². The molecule has 1 aromatic heterocycles. The van der Waals surface area contributed by atoms with Crippen LogP contribution in [0.1, 0.15) is 43.9 Å². The first-order chi connectivity index (χ1) is 9.70. The van der Waals surface area contributed by atoms with Crippen LogP contribution in [0.15, 0.2) is 24.3 Å². The molecule has 21 heavy (non-hydrogen) atoms. The quantitative estimate of drug-likeness (QED) is 0.793. The number of benzene rings is 1. The van der Waals surface area contributed by atoms with E-state index in [4.69, 9.17) is 0 Å². The van der Waals surface area contributed by atoms with Gasteiger partial charge in [0, 0.05) is 16.7 Å². The molecule has 1 aliphatic heterocycles. The predicted octanol–water partition coefficient (Wildman–Crippen LogP) is 2.80. The van der Waals surface area contributed by atoms with Crippen molar-refractivity contribution in [2.75, 3.05) is 0 Å². The minimum Gasteiger partial charge on any atom is -0.478 e. The molecule has 0 unspecified atom stereocenters. The van der Waals surface area contributed by atoms with Gasteiger partial charge in [-0.05, 0) is 39.8 Å². The summed E-state index contributed by atoms with van der Waals surface area (Å²) in [4.78, 5) is 19.1. The first-order valence-electron chi connectivity index (χ1n) is 6.95. The number of H-pyrrole nitrogens is 1.